The van der Waals surface area contributed by atoms with E-state index in [0.717, 1.165) is 6.54 Å². The Morgan fingerprint density at radius 2 is 1.78 bits per heavy atom. The number of hydrogen-bond acceptors (Lipinski definition) is 2. The number of carboxylic acids is 1. The van der Waals surface area contributed by atoms with E-state index in [1.165, 1.54) is 22.4 Å². The van der Waals surface area contributed by atoms with Gasteiger partial charge in [0.1, 0.15) is 0 Å². The van der Waals surface area contributed by atoms with E-state index in [1.54, 1.807) is 6.92 Å². The molecule has 0 saturated carbocycles. The van der Waals surface area contributed by atoms with Crippen molar-refractivity contribution < 1.29 is 9.90 Å². The van der Waals surface area contributed by atoms with E-state index < -0.39 is 5.97 Å². The van der Waals surface area contributed by atoms with Gasteiger partial charge in [0, 0.05) is 19.3 Å². The Morgan fingerprint density at radius 1 is 1.22 bits per heavy atom. The molecule has 0 bridgehead atoms. The van der Waals surface area contributed by atoms with Crippen LogP contribution in [0.15, 0.2) is 12.1 Å². The highest BCUT2D eigenvalue weighted by Crippen LogP contribution is 2.23. The Labute approximate surface area is 109 Å². The Morgan fingerprint density at radius 3 is 2.33 bits per heavy atom. The number of benzene rings is 1. The van der Waals surface area contributed by atoms with E-state index >= 15 is 0 Å². The van der Waals surface area contributed by atoms with Gasteiger partial charge in [-0.2, -0.15) is 0 Å². The van der Waals surface area contributed by atoms with Crippen molar-refractivity contribution in [2.24, 2.45) is 5.92 Å². The number of anilines is 1. The first-order valence-electron chi connectivity index (χ1n) is 6.34. The highest BCUT2D eigenvalue weighted by Gasteiger charge is 2.13. The Balaban J connectivity index is 2.75. The van der Waals surface area contributed by atoms with Crippen LogP contribution in [-0.2, 0) is 4.79 Å². The van der Waals surface area contributed by atoms with Crippen LogP contribution in [-0.4, -0.2) is 24.7 Å². The molecule has 1 aromatic carbocycles. The average molecular weight is 249 g/mol. The monoisotopic (exact) mass is 249 g/mol. The summed E-state index contributed by atoms with van der Waals surface area (Å²) in [5.41, 5.74) is 5.00. The van der Waals surface area contributed by atoms with Crippen molar-refractivity contribution >= 4 is 11.7 Å². The second-order valence-electron chi connectivity index (χ2n) is 5.17. The van der Waals surface area contributed by atoms with E-state index in [4.69, 9.17) is 5.11 Å². The maximum absolute atomic E-state index is 10.8. The first kappa shape index (κ1) is 14.6. The first-order valence-corrected chi connectivity index (χ1v) is 6.34. The van der Waals surface area contributed by atoms with Crippen molar-refractivity contribution in [1.29, 1.82) is 0 Å². The third-order valence-electron chi connectivity index (χ3n) is 3.54. The van der Waals surface area contributed by atoms with Gasteiger partial charge in [0.15, 0.2) is 0 Å². The summed E-state index contributed by atoms with van der Waals surface area (Å²) >= 11 is 0. The van der Waals surface area contributed by atoms with Gasteiger partial charge in [0.2, 0.25) is 0 Å². The molecule has 0 heterocycles. The molecule has 0 aliphatic rings. The van der Waals surface area contributed by atoms with Crippen molar-refractivity contribution in [2.75, 3.05) is 18.5 Å². The first-order chi connectivity index (χ1) is 8.32. The molecule has 0 radical (unpaired) electrons. The Kier molecular flexibility index (Phi) is 4.76. The molecule has 1 N–H and O–H groups in total. The second-order valence-corrected chi connectivity index (χ2v) is 5.17. The normalized spacial score (nSPS) is 12.3. The van der Waals surface area contributed by atoms with Crippen molar-refractivity contribution in [1.82, 2.24) is 0 Å². The fourth-order valence-corrected chi connectivity index (χ4v) is 1.99. The van der Waals surface area contributed by atoms with Crippen molar-refractivity contribution in [2.45, 2.75) is 34.1 Å². The molecule has 0 fully saturated rings. The number of aliphatic carboxylic acids is 1. The van der Waals surface area contributed by atoms with Crippen LogP contribution in [0.1, 0.15) is 30.0 Å². The van der Waals surface area contributed by atoms with Crippen LogP contribution < -0.4 is 4.90 Å². The van der Waals surface area contributed by atoms with Gasteiger partial charge in [-0.1, -0.05) is 13.0 Å². The molecule has 100 valence electrons. The highest BCUT2D eigenvalue weighted by molar-refractivity contribution is 5.69. The van der Waals surface area contributed by atoms with Gasteiger partial charge in [-0.05, 0) is 49.9 Å². The molecule has 3 heteroatoms. The molecule has 0 spiro atoms. The van der Waals surface area contributed by atoms with Crippen LogP contribution in [0.3, 0.4) is 0 Å². The number of carbonyl (C=O) groups is 1. The van der Waals surface area contributed by atoms with E-state index in [2.05, 4.69) is 37.8 Å². The number of carboxylic acid groups (broad SMARTS) is 1. The predicted octanol–water partition coefficient (Wildman–Crippen LogP) is 3.16. The molecule has 1 rings (SSSR count). The molecular weight excluding hydrogens is 226 g/mol. The largest absolute Gasteiger partial charge is 0.481 e. The molecule has 3 nitrogen and oxygen atoms in total. The molecular formula is C15H23NO2. The lowest BCUT2D eigenvalue weighted by molar-refractivity contribution is -0.141. The van der Waals surface area contributed by atoms with Crippen LogP contribution in [0.4, 0.5) is 5.69 Å². The minimum Gasteiger partial charge on any atom is -0.481 e. The summed E-state index contributed by atoms with van der Waals surface area (Å²) in [6, 6.07) is 4.36. The van der Waals surface area contributed by atoms with E-state index in [0.29, 0.717) is 6.42 Å². The van der Waals surface area contributed by atoms with Crippen LogP contribution >= 0.6 is 0 Å². The van der Waals surface area contributed by atoms with Crippen LogP contribution in [0.2, 0.25) is 0 Å². The number of nitrogens with zero attached hydrogens (tertiary/aromatic N) is 1. The Hall–Kier alpha value is -1.51. The van der Waals surface area contributed by atoms with Gasteiger partial charge in [-0.25, -0.2) is 0 Å². The third-order valence-corrected chi connectivity index (χ3v) is 3.54. The molecule has 18 heavy (non-hydrogen) atoms. The number of rotatable bonds is 5. The standard InChI is InChI=1S/C15H23NO2/c1-10(15(17)18)6-7-16(5)14-9-12(3)11(2)8-13(14)4/h8-10H,6-7H2,1-5H3,(H,17,18). The minimum atomic E-state index is -0.722. The fraction of sp³-hybridized carbons (Fsp3) is 0.533. The molecule has 0 amide bonds. The van der Waals surface area contributed by atoms with E-state index in [-0.39, 0.29) is 5.92 Å². The molecule has 0 saturated heterocycles. The zero-order valence-electron chi connectivity index (χ0n) is 11.9. The molecule has 0 aliphatic heterocycles. The minimum absolute atomic E-state index is 0.292. The summed E-state index contributed by atoms with van der Waals surface area (Å²) in [4.78, 5) is 12.9. The summed E-state index contributed by atoms with van der Waals surface area (Å²) in [5, 5.41) is 8.88. The molecule has 0 aliphatic carbocycles. The summed E-state index contributed by atoms with van der Waals surface area (Å²) < 4.78 is 0. The third kappa shape index (κ3) is 3.49. The second kappa shape index (κ2) is 5.89. The summed E-state index contributed by atoms with van der Waals surface area (Å²) in [6.45, 7) is 8.82. The van der Waals surface area contributed by atoms with Crippen molar-refractivity contribution in [3.63, 3.8) is 0 Å². The lowest BCUT2D eigenvalue weighted by atomic mass is 10.0. The SMILES string of the molecule is Cc1cc(C)c(N(C)CCC(C)C(=O)O)cc1C. The van der Waals surface area contributed by atoms with Crippen LogP contribution in [0.5, 0.6) is 0 Å². The van der Waals surface area contributed by atoms with Crippen molar-refractivity contribution in [3.05, 3.63) is 28.8 Å². The van der Waals surface area contributed by atoms with Gasteiger partial charge in [0.05, 0.1) is 5.92 Å². The smallest absolute Gasteiger partial charge is 0.306 e. The van der Waals surface area contributed by atoms with Gasteiger partial charge < -0.3 is 10.0 Å². The summed E-state index contributed by atoms with van der Waals surface area (Å²) in [6.07, 6.45) is 0.665. The van der Waals surface area contributed by atoms with Gasteiger partial charge in [-0.15, -0.1) is 0 Å². The van der Waals surface area contributed by atoms with Crippen LogP contribution in [0, 0.1) is 26.7 Å². The predicted molar refractivity (Wildman–Crippen MR) is 75.3 cm³/mol. The number of hydrogen-bond donors (Lipinski definition) is 1. The summed E-state index contributed by atoms with van der Waals surface area (Å²) in [7, 11) is 2.02. The van der Waals surface area contributed by atoms with Gasteiger partial charge in [-0.3, -0.25) is 4.79 Å². The van der Waals surface area contributed by atoms with Crippen LogP contribution in [0.25, 0.3) is 0 Å². The van der Waals surface area contributed by atoms with Gasteiger partial charge in [0.25, 0.3) is 0 Å². The summed E-state index contributed by atoms with van der Waals surface area (Å²) in [5.74, 6) is -1.01. The zero-order chi connectivity index (χ0) is 13.9. The maximum atomic E-state index is 10.8. The lowest BCUT2D eigenvalue weighted by Crippen LogP contribution is -2.23. The molecule has 0 aromatic heterocycles. The number of aryl methyl sites for hydroxylation is 3. The zero-order valence-corrected chi connectivity index (χ0v) is 11.9. The Bertz CT molecular complexity index is 440. The van der Waals surface area contributed by atoms with Gasteiger partial charge >= 0.3 is 5.97 Å². The van der Waals surface area contributed by atoms with Crippen molar-refractivity contribution in [3.8, 4) is 0 Å². The van der Waals surface area contributed by atoms with E-state index in [9.17, 15) is 4.79 Å². The molecule has 1 atom stereocenters. The lowest BCUT2D eigenvalue weighted by Gasteiger charge is -2.23. The fourth-order valence-electron chi connectivity index (χ4n) is 1.99. The maximum Gasteiger partial charge on any atom is 0.306 e. The quantitative estimate of drug-likeness (QED) is 0.871. The highest BCUT2D eigenvalue weighted by atomic mass is 16.4. The topological polar surface area (TPSA) is 40.5 Å². The average Bonchev–Trinajstić information content (AvgIpc) is 2.30. The molecule has 1 aromatic rings. The molecule has 1 unspecified atom stereocenters. The van der Waals surface area contributed by atoms with E-state index in [1.807, 2.05) is 7.05 Å².